The quantitative estimate of drug-likeness (QED) is 0.626. The molecule has 0 saturated heterocycles. The van der Waals surface area contributed by atoms with Crippen molar-refractivity contribution >= 4 is 17.3 Å². The van der Waals surface area contributed by atoms with Gasteiger partial charge in [0.1, 0.15) is 0 Å². The van der Waals surface area contributed by atoms with Gasteiger partial charge in [0, 0.05) is 23.7 Å². The second-order valence-corrected chi connectivity index (χ2v) is 7.66. The third-order valence-electron chi connectivity index (χ3n) is 5.29. The van der Waals surface area contributed by atoms with E-state index in [2.05, 4.69) is 10.1 Å². The first-order chi connectivity index (χ1) is 12.7. The number of fused-ring (bicyclic) bond motifs is 1. The van der Waals surface area contributed by atoms with Gasteiger partial charge in [-0.25, -0.2) is 0 Å². The van der Waals surface area contributed by atoms with Gasteiger partial charge in [0.05, 0.1) is 16.3 Å². The van der Waals surface area contributed by atoms with Crippen molar-refractivity contribution in [2.24, 2.45) is 11.1 Å². The van der Waals surface area contributed by atoms with Crippen LogP contribution < -0.4 is 0 Å². The number of halogens is 4. The topological polar surface area (TPSA) is 34.5 Å². The number of alkyl halides is 3. The Hall–Kier alpha value is -2.08. The summed E-state index contributed by atoms with van der Waals surface area (Å²) in [6.07, 6.45) is -1.62. The molecule has 0 bridgehead atoms. The van der Waals surface area contributed by atoms with Gasteiger partial charge in [0.15, 0.2) is 6.10 Å². The summed E-state index contributed by atoms with van der Waals surface area (Å²) >= 11 is 6.33. The minimum atomic E-state index is -4.39. The van der Waals surface area contributed by atoms with E-state index in [1.54, 1.807) is 19.2 Å². The molecule has 2 heterocycles. The zero-order valence-electron chi connectivity index (χ0n) is 14.8. The molecule has 1 aromatic heterocycles. The Morgan fingerprint density at radius 2 is 1.89 bits per heavy atom. The van der Waals surface area contributed by atoms with E-state index >= 15 is 0 Å². The Labute approximate surface area is 160 Å². The molecule has 1 aromatic carbocycles. The smallest absolute Gasteiger partial charge is 0.387 e. The van der Waals surface area contributed by atoms with Gasteiger partial charge in [-0.3, -0.25) is 4.98 Å². The lowest BCUT2D eigenvalue weighted by Gasteiger charge is -2.18. The maximum Gasteiger partial charge on any atom is 0.416 e. The molecular weight excluding hydrogens is 377 g/mol. The fourth-order valence-corrected chi connectivity index (χ4v) is 4.34. The molecule has 142 valence electrons. The highest BCUT2D eigenvalue weighted by atomic mass is 35.5. The van der Waals surface area contributed by atoms with Crippen LogP contribution in [-0.2, 0) is 11.0 Å². The molecule has 3 nitrogen and oxygen atoms in total. The molecule has 0 radical (unpaired) electrons. The fraction of sp³-hybridized carbons (Fsp3) is 0.400. The van der Waals surface area contributed by atoms with Crippen molar-refractivity contribution in [2.45, 2.75) is 44.9 Å². The number of benzene rings is 1. The number of oxime groups is 1. The van der Waals surface area contributed by atoms with Gasteiger partial charge in [0.25, 0.3) is 0 Å². The standard InChI is InChI=1S/C20H18ClF3N2O/c1-10-5-12(8-13(6-10)20(22,23)24)19-15-4-3-14(18(15)26-27-19)16-7-11(2)25-9-17(16)21/h5-9,14-15,19H,3-4H2,1-2H3/t14-,15+,19+/m1/s1. The van der Waals surface area contributed by atoms with Crippen molar-refractivity contribution in [3.63, 3.8) is 0 Å². The first-order valence-electron chi connectivity index (χ1n) is 8.78. The molecule has 1 saturated carbocycles. The van der Waals surface area contributed by atoms with E-state index in [-0.39, 0.29) is 11.8 Å². The first-order valence-corrected chi connectivity index (χ1v) is 9.16. The summed E-state index contributed by atoms with van der Waals surface area (Å²) in [4.78, 5) is 9.80. The Kier molecular flexibility index (Phi) is 4.41. The first kappa shape index (κ1) is 18.3. The predicted molar refractivity (Wildman–Crippen MR) is 96.9 cm³/mol. The van der Waals surface area contributed by atoms with Crippen molar-refractivity contribution in [1.82, 2.24) is 4.98 Å². The van der Waals surface area contributed by atoms with Crippen LogP contribution in [-0.4, -0.2) is 10.7 Å². The normalized spacial score (nSPS) is 24.5. The molecule has 0 amide bonds. The van der Waals surface area contributed by atoms with Crippen molar-refractivity contribution in [3.8, 4) is 0 Å². The molecule has 0 N–H and O–H groups in total. The fourth-order valence-electron chi connectivity index (χ4n) is 4.11. The number of hydrogen-bond donors (Lipinski definition) is 0. The van der Waals surface area contributed by atoms with Crippen LogP contribution in [0, 0.1) is 19.8 Å². The average Bonchev–Trinajstić information content (AvgIpc) is 3.17. The van der Waals surface area contributed by atoms with Gasteiger partial charge >= 0.3 is 6.18 Å². The SMILES string of the molecule is Cc1cc([C@@H]2ON=C3[C@@H](c4cc(C)ncc4Cl)CC[C@@H]32)cc(C(F)(F)F)c1. The Morgan fingerprint density at radius 3 is 2.63 bits per heavy atom. The predicted octanol–water partition coefficient (Wildman–Crippen LogP) is 5.99. The van der Waals surface area contributed by atoms with Crippen LogP contribution in [0.4, 0.5) is 13.2 Å². The molecule has 1 aliphatic carbocycles. The Bertz CT molecular complexity index is 926. The summed E-state index contributed by atoms with van der Waals surface area (Å²) in [5.41, 5.74) is 3.10. The van der Waals surface area contributed by atoms with Crippen LogP contribution in [0.3, 0.4) is 0 Å². The van der Waals surface area contributed by atoms with Crippen LogP contribution in [0.1, 0.15) is 52.8 Å². The van der Waals surface area contributed by atoms with E-state index in [0.717, 1.165) is 35.9 Å². The van der Waals surface area contributed by atoms with E-state index in [4.69, 9.17) is 16.4 Å². The van der Waals surface area contributed by atoms with Gasteiger partial charge < -0.3 is 4.84 Å². The summed E-state index contributed by atoms with van der Waals surface area (Å²) in [5, 5.41) is 4.84. The molecule has 3 atom stereocenters. The van der Waals surface area contributed by atoms with E-state index < -0.39 is 17.8 Å². The Morgan fingerprint density at radius 1 is 1.11 bits per heavy atom. The van der Waals surface area contributed by atoms with Gasteiger partial charge in [-0.15, -0.1) is 0 Å². The van der Waals surface area contributed by atoms with Gasteiger partial charge in [0.2, 0.25) is 0 Å². The minimum absolute atomic E-state index is 0.0149. The molecule has 0 unspecified atom stereocenters. The lowest BCUT2D eigenvalue weighted by Crippen LogP contribution is -2.16. The van der Waals surface area contributed by atoms with Crippen molar-refractivity contribution < 1.29 is 18.0 Å². The van der Waals surface area contributed by atoms with Crippen LogP contribution in [0.2, 0.25) is 5.02 Å². The third kappa shape index (κ3) is 3.31. The van der Waals surface area contributed by atoms with E-state index in [1.807, 2.05) is 13.0 Å². The van der Waals surface area contributed by atoms with Gasteiger partial charge in [-0.2, -0.15) is 13.2 Å². The van der Waals surface area contributed by atoms with Gasteiger partial charge in [-0.05, 0) is 56.0 Å². The van der Waals surface area contributed by atoms with Crippen LogP contribution >= 0.6 is 11.6 Å². The van der Waals surface area contributed by atoms with Crippen molar-refractivity contribution in [2.75, 3.05) is 0 Å². The van der Waals surface area contributed by atoms with E-state index in [9.17, 15) is 13.2 Å². The monoisotopic (exact) mass is 394 g/mol. The molecular formula is C20H18ClF3N2O. The molecule has 7 heteroatoms. The lowest BCUT2D eigenvalue weighted by molar-refractivity contribution is -0.137. The number of aryl methyl sites for hydroxylation is 2. The molecule has 2 aliphatic rings. The molecule has 1 fully saturated rings. The maximum absolute atomic E-state index is 13.2. The minimum Gasteiger partial charge on any atom is -0.387 e. The molecule has 2 aromatic rings. The average molecular weight is 395 g/mol. The highest BCUT2D eigenvalue weighted by molar-refractivity contribution is 6.31. The number of rotatable bonds is 2. The zero-order chi connectivity index (χ0) is 19.3. The molecule has 0 spiro atoms. The maximum atomic E-state index is 13.2. The number of nitrogens with zero attached hydrogens (tertiary/aromatic N) is 2. The summed E-state index contributed by atoms with van der Waals surface area (Å²) in [6.45, 7) is 3.56. The van der Waals surface area contributed by atoms with Crippen molar-refractivity contribution in [3.05, 3.63) is 63.4 Å². The highest BCUT2D eigenvalue weighted by Crippen LogP contribution is 2.49. The van der Waals surface area contributed by atoms with E-state index in [1.165, 1.54) is 6.07 Å². The summed E-state index contributed by atoms with van der Waals surface area (Å²) in [5.74, 6) is -0.0245. The molecule has 4 rings (SSSR count). The van der Waals surface area contributed by atoms with Crippen molar-refractivity contribution in [1.29, 1.82) is 0 Å². The molecule has 1 aliphatic heterocycles. The number of pyridine rings is 1. The highest BCUT2D eigenvalue weighted by Gasteiger charge is 2.45. The number of hydrogen-bond acceptors (Lipinski definition) is 3. The second-order valence-electron chi connectivity index (χ2n) is 7.26. The zero-order valence-corrected chi connectivity index (χ0v) is 15.6. The van der Waals surface area contributed by atoms with E-state index in [0.29, 0.717) is 16.1 Å². The summed E-state index contributed by atoms with van der Waals surface area (Å²) in [7, 11) is 0. The second kappa shape index (κ2) is 6.51. The summed E-state index contributed by atoms with van der Waals surface area (Å²) < 4.78 is 39.5. The Balaban J connectivity index is 1.65. The van der Waals surface area contributed by atoms with Crippen LogP contribution in [0.5, 0.6) is 0 Å². The largest absolute Gasteiger partial charge is 0.416 e. The summed E-state index contributed by atoms with van der Waals surface area (Å²) in [6, 6.07) is 6.01. The van der Waals surface area contributed by atoms with Gasteiger partial charge in [-0.1, -0.05) is 28.4 Å². The third-order valence-corrected chi connectivity index (χ3v) is 5.61. The number of aromatic nitrogens is 1. The lowest BCUT2D eigenvalue weighted by atomic mass is 9.89. The molecule has 27 heavy (non-hydrogen) atoms. The van der Waals surface area contributed by atoms with Crippen LogP contribution in [0.15, 0.2) is 35.6 Å². The van der Waals surface area contributed by atoms with Crippen LogP contribution in [0.25, 0.3) is 0 Å².